The van der Waals surface area contributed by atoms with E-state index in [1.54, 1.807) is 32.9 Å². The number of amides is 1. The maximum Gasteiger partial charge on any atom is 0.407 e. The molecule has 19 heavy (non-hydrogen) atoms. The number of ether oxygens (including phenoxy) is 1. The van der Waals surface area contributed by atoms with Gasteiger partial charge in [0, 0.05) is 12.5 Å². The van der Waals surface area contributed by atoms with Crippen LogP contribution in [0.4, 0.5) is 4.79 Å². The number of hydrogen-bond donors (Lipinski definition) is 2. The molecular formula is C13H19NO5. The molecule has 1 rings (SSSR count). The number of carbonyl (C=O) groups is 2. The summed E-state index contributed by atoms with van der Waals surface area (Å²) in [5.41, 5.74) is -0.622. The van der Waals surface area contributed by atoms with Gasteiger partial charge in [-0.05, 0) is 32.9 Å². The van der Waals surface area contributed by atoms with Crippen molar-refractivity contribution in [2.24, 2.45) is 0 Å². The molecule has 1 heterocycles. The van der Waals surface area contributed by atoms with E-state index in [0.717, 1.165) is 0 Å². The van der Waals surface area contributed by atoms with E-state index >= 15 is 0 Å². The molecule has 0 fully saturated rings. The number of carboxylic acid groups (broad SMARTS) is 1. The number of hydrogen-bond acceptors (Lipinski definition) is 4. The SMILES string of the molecule is CC(C)(C)OC(=O)N[C@H](CC(=O)O)Cc1ccco1. The highest BCUT2D eigenvalue weighted by Gasteiger charge is 2.22. The van der Waals surface area contributed by atoms with Gasteiger partial charge in [-0.25, -0.2) is 4.79 Å². The van der Waals surface area contributed by atoms with Gasteiger partial charge in [-0.3, -0.25) is 4.79 Å². The summed E-state index contributed by atoms with van der Waals surface area (Å²) in [7, 11) is 0. The topological polar surface area (TPSA) is 88.8 Å². The third-order valence-corrected chi connectivity index (χ3v) is 2.17. The van der Waals surface area contributed by atoms with E-state index in [4.69, 9.17) is 14.3 Å². The lowest BCUT2D eigenvalue weighted by Gasteiger charge is -2.22. The molecule has 0 radical (unpaired) electrons. The zero-order valence-corrected chi connectivity index (χ0v) is 11.3. The lowest BCUT2D eigenvalue weighted by atomic mass is 10.1. The summed E-state index contributed by atoms with van der Waals surface area (Å²) in [5, 5.41) is 11.4. The van der Waals surface area contributed by atoms with Crippen molar-refractivity contribution >= 4 is 12.1 Å². The first-order valence-electron chi connectivity index (χ1n) is 6.00. The van der Waals surface area contributed by atoms with Gasteiger partial charge in [0.25, 0.3) is 0 Å². The van der Waals surface area contributed by atoms with Gasteiger partial charge in [0.05, 0.1) is 12.7 Å². The Hall–Kier alpha value is -1.98. The molecule has 106 valence electrons. The second kappa shape index (κ2) is 6.26. The normalized spacial score (nSPS) is 12.8. The molecular weight excluding hydrogens is 250 g/mol. The highest BCUT2D eigenvalue weighted by molar-refractivity contribution is 5.71. The van der Waals surface area contributed by atoms with Crippen LogP contribution in [-0.4, -0.2) is 28.8 Å². The summed E-state index contributed by atoms with van der Waals surface area (Å²) in [6.07, 6.45) is 0.976. The Morgan fingerprint density at radius 3 is 2.63 bits per heavy atom. The van der Waals surface area contributed by atoms with E-state index in [-0.39, 0.29) is 6.42 Å². The Balaban J connectivity index is 2.59. The summed E-state index contributed by atoms with van der Waals surface area (Å²) in [4.78, 5) is 22.4. The number of rotatable bonds is 5. The van der Waals surface area contributed by atoms with Crippen LogP contribution >= 0.6 is 0 Å². The Kier molecular flexibility index (Phi) is 4.97. The maximum atomic E-state index is 11.6. The first-order valence-corrected chi connectivity index (χ1v) is 6.00. The van der Waals surface area contributed by atoms with Crippen molar-refractivity contribution in [3.63, 3.8) is 0 Å². The summed E-state index contributed by atoms with van der Waals surface area (Å²) in [6, 6.07) is 2.87. The van der Waals surface area contributed by atoms with Crippen LogP contribution in [0, 0.1) is 0 Å². The number of alkyl carbamates (subject to hydrolysis) is 1. The van der Waals surface area contributed by atoms with Gasteiger partial charge in [0.15, 0.2) is 0 Å². The van der Waals surface area contributed by atoms with E-state index in [1.165, 1.54) is 6.26 Å². The molecule has 0 saturated carbocycles. The largest absolute Gasteiger partial charge is 0.481 e. The monoisotopic (exact) mass is 269 g/mol. The number of aliphatic carboxylic acids is 1. The lowest BCUT2D eigenvalue weighted by molar-refractivity contribution is -0.137. The summed E-state index contributed by atoms with van der Waals surface area (Å²) < 4.78 is 10.2. The van der Waals surface area contributed by atoms with Crippen molar-refractivity contribution in [3.8, 4) is 0 Å². The first-order chi connectivity index (χ1) is 8.76. The highest BCUT2D eigenvalue weighted by atomic mass is 16.6. The number of carboxylic acids is 1. The van der Waals surface area contributed by atoms with Crippen LogP contribution in [0.2, 0.25) is 0 Å². The number of furan rings is 1. The zero-order chi connectivity index (χ0) is 14.5. The number of nitrogens with one attached hydrogen (secondary N) is 1. The van der Waals surface area contributed by atoms with Crippen LogP contribution in [0.5, 0.6) is 0 Å². The van der Waals surface area contributed by atoms with Crippen LogP contribution in [0.25, 0.3) is 0 Å². The van der Waals surface area contributed by atoms with Crippen molar-refractivity contribution < 1.29 is 23.8 Å². The second-order valence-corrected chi connectivity index (χ2v) is 5.22. The fraction of sp³-hybridized carbons (Fsp3) is 0.538. The molecule has 0 saturated heterocycles. The van der Waals surface area contributed by atoms with Crippen molar-refractivity contribution in [1.82, 2.24) is 5.32 Å². The average Bonchev–Trinajstić information content (AvgIpc) is 2.65. The van der Waals surface area contributed by atoms with E-state index in [2.05, 4.69) is 5.32 Å². The molecule has 0 aromatic carbocycles. The number of carbonyl (C=O) groups excluding carboxylic acids is 1. The molecule has 6 heteroatoms. The van der Waals surface area contributed by atoms with Crippen LogP contribution < -0.4 is 5.32 Å². The fourth-order valence-electron chi connectivity index (χ4n) is 1.53. The highest BCUT2D eigenvalue weighted by Crippen LogP contribution is 2.10. The minimum atomic E-state index is -0.993. The van der Waals surface area contributed by atoms with E-state index in [1.807, 2.05) is 0 Å². The van der Waals surface area contributed by atoms with Gasteiger partial charge < -0.3 is 19.6 Å². The Bertz CT molecular complexity index is 419. The predicted octanol–water partition coefficient (Wildman–Crippen LogP) is 2.19. The molecule has 1 atom stereocenters. The Morgan fingerprint density at radius 1 is 1.47 bits per heavy atom. The van der Waals surface area contributed by atoms with E-state index in [0.29, 0.717) is 12.2 Å². The molecule has 0 bridgehead atoms. The van der Waals surface area contributed by atoms with Gasteiger partial charge in [-0.1, -0.05) is 0 Å². The molecule has 0 spiro atoms. The average molecular weight is 269 g/mol. The second-order valence-electron chi connectivity index (χ2n) is 5.22. The molecule has 2 N–H and O–H groups in total. The van der Waals surface area contributed by atoms with Crippen molar-refractivity contribution in [2.75, 3.05) is 0 Å². The summed E-state index contributed by atoms with van der Waals surface area (Å²) in [6.45, 7) is 5.22. The lowest BCUT2D eigenvalue weighted by Crippen LogP contribution is -2.41. The van der Waals surface area contributed by atoms with Crippen LogP contribution in [0.15, 0.2) is 22.8 Å². The third kappa shape index (κ3) is 6.49. The molecule has 0 unspecified atom stereocenters. The van der Waals surface area contributed by atoms with Gasteiger partial charge in [-0.15, -0.1) is 0 Å². The first kappa shape index (κ1) is 15.1. The van der Waals surface area contributed by atoms with Crippen molar-refractivity contribution in [1.29, 1.82) is 0 Å². The molecule has 1 aromatic rings. The quantitative estimate of drug-likeness (QED) is 0.855. The van der Waals surface area contributed by atoms with Gasteiger partial charge in [0.1, 0.15) is 11.4 Å². The van der Waals surface area contributed by atoms with Gasteiger partial charge in [-0.2, -0.15) is 0 Å². The molecule has 0 aliphatic rings. The van der Waals surface area contributed by atoms with Crippen molar-refractivity contribution in [3.05, 3.63) is 24.2 Å². The fourth-order valence-corrected chi connectivity index (χ4v) is 1.53. The van der Waals surface area contributed by atoms with Gasteiger partial charge >= 0.3 is 12.1 Å². The third-order valence-electron chi connectivity index (χ3n) is 2.17. The van der Waals surface area contributed by atoms with Crippen molar-refractivity contribution in [2.45, 2.75) is 45.3 Å². The van der Waals surface area contributed by atoms with Crippen LogP contribution in [0.1, 0.15) is 33.0 Å². The minimum Gasteiger partial charge on any atom is -0.481 e. The van der Waals surface area contributed by atoms with E-state index < -0.39 is 23.7 Å². The van der Waals surface area contributed by atoms with Gasteiger partial charge in [0.2, 0.25) is 0 Å². The van der Waals surface area contributed by atoms with Crippen LogP contribution in [0.3, 0.4) is 0 Å². The molecule has 1 amide bonds. The summed E-state index contributed by atoms with van der Waals surface area (Å²) in [5.74, 6) is -0.380. The zero-order valence-electron chi connectivity index (χ0n) is 11.3. The summed E-state index contributed by atoms with van der Waals surface area (Å²) >= 11 is 0. The molecule has 0 aliphatic carbocycles. The Morgan fingerprint density at radius 2 is 2.16 bits per heavy atom. The standard InChI is InChI=1S/C13H19NO5/c1-13(2,3)19-12(17)14-9(8-11(15)16)7-10-5-4-6-18-10/h4-6,9H,7-8H2,1-3H3,(H,14,17)(H,15,16)/t9-/m0/s1. The molecule has 0 aliphatic heterocycles. The maximum absolute atomic E-state index is 11.6. The van der Waals surface area contributed by atoms with E-state index in [9.17, 15) is 9.59 Å². The molecule has 6 nitrogen and oxygen atoms in total. The Labute approximate surface area is 111 Å². The minimum absolute atomic E-state index is 0.195. The smallest absolute Gasteiger partial charge is 0.407 e. The predicted molar refractivity (Wildman–Crippen MR) is 67.8 cm³/mol. The molecule has 1 aromatic heterocycles. The van der Waals surface area contributed by atoms with Crippen LogP contribution in [-0.2, 0) is 16.0 Å².